The molecule has 0 spiro atoms. The molecular formula is C23H23F2N5O4S. The number of nitriles is 1. The van der Waals surface area contributed by atoms with Crippen molar-refractivity contribution in [3.05, 3.63) is 51.5 Å². The molecule has 1 aromatic heterocycles. The van der Waals surface area contributed by atoms with Crippen LogP contribution >= 0.6 is 11.3 Å². The summed E-state index contributed by atoms with van der Waals surface area (Å²) in [4.78, 5) is 42.0. The molecule has 0 radical (unpaired) electrons. The summed E-state index contributed by atoms with van der Waals surface area (Å²) in [6.45, 7) is -0.174. The van der Waals surface area contributed by atoms with Crippen molar-refractivity contribution in [1.29, 1.82) is 5.26 Å². The maximum absolute atomic E-state index is 13.5. The van der Waals surface area contributed by atoms with Gasteiger partial charge in [0.2, 0.25) is 5.91 Å². The molecule has 9 nitrogen and oxygen atoms in total. The maximum Gasteiger partial charge on any atom is 0.271 e. The number of hydrogen-bond acceptors (Lipinski definition) is 7. The lowest BCUT2D eigenvalue weighted by molar-refractivity contribution is -0.131. The SMILES string of the molecule is N#C[C@@H]1CC(F)(F)CN1C(=O)CNC(=O)c1csc(Cc2ccc(C(=O)N[C@@H]3CCOC3)cc2)n1. The van der Waals surface area contributed by atoms with E-state index in [1.165, 1.54) is 11.3 Å². The van der Waals surface area contributed by atoms with Crippen LogP contribution in [0.3, 0.4) is 0 Å². The molecule has 3 heterocycles. The van der Waals surface area contributed by atoms with Crippen molar-refractivity contribution in [1.82, 2.24) is 20.5 Å². The topological polar surface area (TPSA) is 124 Å². The second kappa shape index (κ2) is 10.5. The molecule has 0 bridgehead atoms. The van der Waals surface area contributed by atoms with Gasteiger partial charge in [-0.25, -0.2) is 13.8 Å². The summed E-state index contributed by atoms with van der Waals surface area (Å²) in [5.74, 6) is -4.63. The van der Waals surface area contributed by atoms with Gasteiger partial charge in [-0.05, 0) is 24.1 Å². The van der Waals surface area contributed by atoms with Gasteiger partial charge >= 0.3 is 0 Å². The van der Waals surface area contributed by atoms with Crippen molar-refractivity contribution in [2.24, 2.45) is 0 Å². The van der Waals surface area contributed by atoms with Crippen LogP contribution in [0.5, 0.6) is 0 Å². The van der Waals surface area contributed by atoms with E-state index in [4.69, 9.17) is 10.00 Å². The van der Waals surface area contributed by atoms with Gasteiger partial charge < -0.3 is 20.3 Å². The number of rotatable bonds is 7. The number of ether oxygens (including phenoxy) is 1. The summed E-state index contributed by atoms with van der Waals surface area (Å²) in [5, 5.41) is 16.5. The van der Waals surface area contributed by atoms with Crippen molar-refractivity contribution in [3.8, 4) is 6.07 Å². The van der Waals surface area contributed by atoms with Crippen LogP contribution in [0.2, 0.25) is 0 Å². The van der Waals surface area contributed by atoms with Gasteiger partial charge in [-0.2, -0.15) is 5.26 Å². The summed E-state index contributed by atoms with van der Waals surface area (Å²) in [6, 6.07) is 7.60. The van der Waals surface area contributed by atoms with E-state index in [0.717, 1.165) is 16.9 Å². The number of benzene rings is 1. The highest BCUT2D eigenvalue weighted by Gasteiger charge is 2.47. The summed E-state index contributed by atoms with van der Waals surface area (Å²) in [5.41, 5.74) is 1.55. The predicted octanol–water partition coefficient (Wildman–Crippen LogP) is 1.74. The van der Waals surface area contributed by atoms with Gasteiger partial charge in [0.1, 0.15) is 11.7 Å². The molecule has 12 heteroatoms. The van der Waals surface area contributed by atoms with Gasteiger partial charge in [0, 0.05) is 30.4 Å². The predicted molar refractivity (Wildman–Crippen MR) is 121 cm³/mol. The standard InChI is InChI=1S/C23H23F2N5O4S/c24-23(25)8-17(9-26)30(13-23)20(31)10-27-22(33)18-12-35-19(29-18)7-14-1-3-15(4-2-14)21(32)28-16-5-6-34-11-16/h1-4,12,16-17H,5-8,10-11,13H2,(H,27,33)(H,28,32)/t16-,17+/m1/s1. The third-order valence-corrected chi connectivity index (χ3v) is 6.61. The average Bonchev–Trinajstić information content (AvgIpc) is 3.58. The molecule has 184 valence electrons. The molecule has 2 atom stereocenters. The van der Waals surface area contributed by atoms with E-state index < -0.39 is 43.3 Å². The van der Waals surface area contributed by atoms with E-state index >= 15 is 0 Å². The minimum absolute atomic E-state index is 0.0291. The van der Waals surface area contributed by atoms with E-state index in [1.807, 2.05) is 12.1 Å². The molecule has 0 unspecified atom stereocenters. The third kappa shape index (κ3) is 6.17. The monoisotopic (exact) mass is 503 g/mol. The highest BCUT2D eigenvalue weighted by atomic mass is 32.1. The van der Waals surface area contributed by atoms with E-state index in [0.29, 0.717) is 30.2 Å². The van der Waals surface area contributed by atoms with Crippen LogP contribution in [0.1, 0.15) is 44.3 Å². The highest BCUT2D eigenvalue weighted by molar-refractivity contribution is 7.09. The van der Waals surface area contributed by atoms with Gasteiger partial charge in [-0.1, -0.05) is 12.1 Å². The van der Waals surface area contributed by atoms with E-state index in [2.05, 4.69) is 15.6 Å². The fraction of sp³-hybridized carbons (Fsp3) is 0.435. The first kappa shape index (κ1) is 24.7. The molecule has 4 rings (SSSR count). The second-order valence-electron chi connectivity index (χ2n) is 8.44. The first-order valence-electron chi connectivity index (χ1n) is 11.0. The zero-order chi connectivity index (χ0) is 25.0. The summed E-state index contributed by atoms with van der Waals surface area (Å²) in [7, 11) is 0. The molecule has 0 saturated carbocycles. The van der Waals surface area contributed by atoms with E-state index in [-0.39, 0.29) is 17.6 Å². The van der Waals surface area contributed by atoms with Gasteiger partial charge in [-0.3, -0.25) is 14.4 Å². The van der Waals surface area contributed by atoms with Crippen LogP contribution in [0.15, 0.2) is 29.6 Å². The lowest BCUT2D eigenvalue weighted by Gasteiger charge is -2.19. The number of hydrogen-bond donors (Lipinski definition) is 2. The Labute approximate surface area is 204 Å². The summed E-state index contributed by atoms with van der Waals surface area (Å²) >= 11 is 1.27. The number of thiazole rings is 1. The molecule has 3 amide bonds. The van der Waals surface area contributed by atoms with E-state index in [9.17, 15) is 23.2 Å². The molecule has 2 N–H and O–H groups in total. The molecule has 2 aliphatic heterocycles. The van der Waals surface area contributed by atoms with Gasteiger partial charge in [-0.15, -0.1) is 11.3 Å². The van der Waals surface area contributed by atoms with Crippen molar-refractivity contribution in [2.75, 3.05) is 26.3 Å². The van der Waals surface area contributed by atoms with Crippen LogP contribution < -0.4 is 10.6 Å². The summed E-state index contributed by atoms with van der Waals surface area (Å²) in [6.07, 6.45) is 0.536. The zero-order valence-corrected chi connectivity index (χ0v) is 19.4. The first-order valence-corrected chi connectivity index (χ1v) is 11.9. The summed E-state index contributed by atoms with van der Waals surface area (Å²) < 4.78 is 32.3. The van der Waals surface area contributed by atoms with Crippen molar-refractivity contribution in [2.45, 2.75) is 37.3 Å². The molecular weight excluding hydrogens is 480 g/mol. The number of carbonyl (C=O) groups excluding carboxylic acids is 3. The Morgan fingerprint density at radius 2 is 2.03 bits per heavy atom. The molecule has 2 aliphatic rings. The normalized spacial score (nSPS) is 20.9. The molecule has 1 aromatic carbocycles. The van der Waals surface area contributed by atoms with E-state index in [1.54, 1.807) is 23.6 Å². The molecule has 2 saturated heterocycles. The minimum Gasteiger partial charge on any atom is -0.379 e. The lowest BCUT2D eigenvalue weighted by Crippen LogP contribution is -2.43. The zero-order valence-electron chi connectivity index (χ0n) is 18.6. The number of aromatic nitrogens is 1. The molecule has 2 fully saturated rings. The van der Waals surface area contributed by atoms with Crippen LogP contribution in [0.25, 0.3) is 0 Å². The van der Waals surface area contributed by atoms with Gasteiger partial charge in [0.15, 0.2) is 0 Å². The maximum atomic E-state index is 13.5. The Balaban J connectivity index is 1.28. The van der Waals surface area contributed by atoms with Crippen molar-refractivity contribution in [3.63, 3.8) is 0 Å². The number of alkyl halides is 2. The molecule has 2 aromatic rings. The van der Waals surface area contributed by atoms with Crippen LogP contribution in [-0.2, 0) is 16.0 Å². The first-order chi connectivity index (χ1) is 16.7. The number of nitrogens with one attached hydrogen (secondary N) is 2. The highest BCUT2D eigenvalue weighted by Crippen LogP contribution is 2.31. The second-order valence-corrected chi connectivity index (χ2v) is 9.39. The Morgan fingerprint density at radius 1 is 1.26 bits per heavy atom. The number of nitrogens with zero attached hydrogens (tertiary/aromatic N) is 3. The molecule has 35 heavy (non-hydrogen) atoms. The van der Waals surface area contributed by atoms with Gasteiger partial charge in [0.25, 0.3) is 17.7 Å². The molecule has 0 aliphatic carbocycles. The third-order valence-electron chi connectivity index (χ3n) is 5.76. The Bertz CT molecular complexity index is 1140. The number of amides is 3. The van der Waals surface area contributed by atoms with Crippen molar-refractivity contribution < 1.29 is 27.9 Å². The smallest absolute Gasteiger partial charge is 0.271 e. The van der Waals surface area contributed by atoms with Crippen molar-refractivity contribution >= 4 is 29.1 Å². The Morgan fingerprint density at radius 3 is 2.71 bits per heavy atom. The minimum atomic E-state index is -3.11. The van der Waals surface area contributed by atoms with Crippen LogP contribution in [0.4, 0.5) is 8.78 Å². The van der Waals surface area contributed by atoms with Crippen LogP contribution in [0, 0.1) is 11.3 Å². The number of halogens is 2. The fourth-order valence-electron chi connectivity index (χ4n) is 3.90. The average molecular weight is 504 g/mol. The number of likely N-dealkylation sites (tertiary alicyclic amines) is 1. The quantitative estimate of drug-likeness (QED) is 0.593. The Kier molecular flexibility index (Phi) is 7.37. The Hall–Kier alpha value is -3.43. The largest absolute Gasteiger partial charge is 0.379 e. The van der Waals surface area contributed by atoms with Gasteiger partial charge in [0.05, 0.1) is 36.8 Å². The number of carbonyl (C=O) groups is 3. The van der Waals surface area contributed by atoms with Crippen LogP contribution in [-0.4, -0.2) is 71.9 Å². The fourth-order valence-corrected chi connectivity index (χ4v) is 4.71. The lowest BCUT2D eigenvalue weighted by atomic mass is 10.1.